The maximum absolute atomic E-state index is 12.6. The fourth-order valence-corrected chi connectivity index (χ4v) is 11.3. The van der Waals surface area contributed by atoms with Crippen LogP contribution in [0.3, 0.4) is 0 Å². The highest BCUT2D eigenvalue weighted by Gasteiger charge is 2.60. The lowest BCUT2D eigenvalue weighted by Gasteiger charge is -2.54. The van der Waals surface area contributed by atoms with Crippen molar-refractivity contribution in [1.29, 1.82) is 0 Å². The lowest BCUT2D eigenvalue weighted by Crippen LogP contribution is -2.58. The van der Waals surface area contributed by atoms with Gasteiger partial charge in [-0.3, -0.25) is 0 Å². The molecule has 0 aliphatic heterocycles. The average molecular weight is 341 g/mol. The van der Waals surface area contributed by atoms with Crippen LogP contribution in [0.4, 0.5) is 0 Å². The molecule has 0 amide bonds. The number of hydrogen-bond donors (Lipinski definition) is 0. The summed E-state index contributed by atoms with van der Waals surface area (Å²) >= 11 is 0. The van der Waals surface area contributed by atoms with Gasteiger partial charge in [0, 0.05) is 5.57 Å². The molecule has 2 nitrogen and oxygen atoms in total. The van der Waals surface area contributed by atoms with Gasteiger partial charge in [-0.2, -0.15) is 0 Å². The van der Waals surface area contributed by atoms with Crippen molar-refractivity contribution < 1.29 is 9.22 Å². The molecule has 0 unspecified atom stereocenters. The zero-order chi connectivity index (χ0) is 18.4. The maximum atomic E-state index is 12.6. The van der Waals surface area contributed by atoms with E-state index in [4.69, 9.17) is 4.43 Å². The molecular formula is C20H40O2Si. The van der Waals surface area contributed by atoms with Gasteiger partial charge in [-0.15, -0.1) is 0 Å². The van der Waals surface area contributed by atoms with E-state index in [2.05, 4.69) is 62.0 Å². The molecule has 136 valence electrons. The molecule has 0 radical (unpaired) electrons. The second-order valence-corrected chi connectivity index (χ2v) is 12.6. The quantitative estimate of drug-likeness (QED) is 0.320. The summed E-state index contributed by atoms with van der Waals surface area (Å²) in [4.78, 5) is 12.6. The number of hydrogen-bond acceptors (Lipinski definition) is 2. The van der Waals surface area contributed by atoms with Crippen LogP contribution in [-0.4, -0.2) is 14.3 Å². The first-order valence-electron chi connectivity index (χ1n) is 9.45. The summed E-state index contributed by atoms with van der Waals surface area (Å²) in [5.41, 5.74) is 1.51. The highest BCUT2D eigenvalue weighted by Crippen LogP contribution is 2.59. The van der Waals surface area contributed by atoms with Gasteiger partial charge >= 0.3 is 5.97 Å². The molecule has 0 aromatic heterocycles. The highest BCUT2D eigenvalue weighted by molar-refractivity contribution is 6.81. The fraction of sp³-hybridized carbons (Fsp3) is 0.850. The first kappa shape index (κ1) is 22.4. The van der Waals surface area contributed by atoms with Crippen LogP contribution in [0, 0.1) is 5.92 Å². The molecule has 0 saturated carbocycles. The minimum Gasteiger partial charge on any atom is -0.515 e. The predicted molar refractivity (Wildman–Crippen MR) is 104 cm³/mol. The summed E-state index contributed by atoms with van der Waals surface area (Å²) in [6.45, 7) is 23.9. The summed E-state index contributed by atoms with van der Waals surface area (Å²) in [5, 5.41) is 0.0332. The molecule has 3 heteroatoms. The third-order valence-electron chi connectivity index (χ3n) is 6.24. The Bertz CT molecular complexity index is 378. The van der Waals surface area contributed by atoms with Crippen molar-refractivity contribution in [1.82, 2.24) is 0 Å². The van der Waals surface area contributed by atoms with Gasteiger partial charge in [0.2, 0.25) is 0 Å². The lowest BCUT2D eigenvalue weighted by molar-refractivity contribution is -0.131. The zero-order valence-electron chi connectivity index (χ0n) is 17.1. The van der Waals surface area contributed by atoms with E-state index in [9.17, 15) is 4.79 Å². The van der Waals surface area contributed by atoms with Crippen molar-refractivity contribution in [3.63, 3.8) is 0 Å². The first-order chi connectivity index (χ1) is 10.6. The van der Waals surface area contributed by atoms with E-state index in [1.165, 1.54) is 0 Å². The van der Waals surface area contributed by atoms with Crippen molar-refractivity contribution >= 4 is 14.3 Å². The summed E-state index contributed by atoms with van der Waals surface area (Å²) < 4.78 is 6.51. The van der Waals surface area contributed by atoms with Gasteiger partial charge in [0.05, 0.1) is 0 Å². The normalized spacial score (nSPS) is 13.0. The first-order valence-corrected chi connectivity index (χ1v) is 11.5. The molecule has 0 N–H and O–H groups in total. The molecule has 0 bridgehead atoms. The monoisotopic (exact) mass is 340 g/mol. The Kier molecular flexibility index (Phi) is 8.83. The van der Waals surface area contributed by atoms with E-state index < -0.39 is 8.32 Å². The zero-order valence-corrected chi connectivity index (χ0v) is 18.1. The molecular weight excluding hydrogens is 300 g/mol. The summed E-state index contributed by atoms with van der Waals surface area (Å²) in [7, 11) is -2.38. The van der Waals surface area contributed by atoms with Crippen molar-refractivity contribution in [2.45, 2.75) is 104 Å². The summed E-state index contributed by atoms with van der Waals surface area (Å²) in [6.07, 6.45) is 4.33. The van der Waals surface area contributed by atoms with E-state index in [1.807, 2.05) is 0 Å². The Morgan fingerprint density at radius 1 is 1.00 bits per heavy atom. The van der Waals surface area contributed by atoms with Gasteiger partial charge in [-0.1, -0.05) is 87.7 Å². The number of rotatable bonds is 10. The Morgan fingerprint density at radius 3 is 1.57 bits per heavy atom. The van der Waals surface area contributed by atoms with Crippen LogP contribution in [-0.2, 0) is 9.22 Å². The lowest BCUT2D eigenvalue weighted by atomic mass is 9.99. The molecule has 0 rings (SSSR count). The van der Waals surface area contributed by atoms with E-state index in [-0.39, 0.29) is 11.0 Å². The Labute approximate surface area is 146 Å². The van der Waals surface area contributed by atoms with Gasteiger partial charge < -0.3 is 4.43 Å². The Morgan fingerprint density at radius 2 is 1.35 bits per heavy atom. The minimum absolute atomic E-state index is 0.0332. The third-order valence-corrected chi connectivity index (χ3v) is 13.4. The second-order valence-electron chi connectivity index (χ2n) is 7.87. The standard InChI is InChI=1S/C20H40O2Si/c1-11-17(12-2)23(18(13-3)14-4,20(9,10)16(7)8)22-19(21)15(5)6/h16-18H,5,11-14H2,1-4,6-10H3. The van der Waals surface area contributed by atoms with E-state index >= 15 is 0 Å². The predicted octanol–water partition coefficient (Wildman–Crippen LogP) is 6.87. The Hall–Kier alpha value is -0.573. The SMILES string of the molecule is C=C(C)C(=O)O[Si](C(CC)CC)(C(CC)CC)C(C)(C)C(C)C. The molecule has 0 heterocycles. The van der Waals surface area contributed by atoms with E-state index in [0.717, 1.165) is 25.7 Å². The second kappa shape index (κ2) is 9.05. The molecule has 0 aliphatic carbocycles. The minimum atomic E-state index is -2.38. The van der Waals surface area contributed by atoms with Crippen LogP contribution in [0.15, 0.2) is 12.2 Å². The molecule has 0 saturated heterocycles. The molecule has 0 fully saturated rings. The average Bonchev–Trinajstić information content (AvgIpc) is 2.48. The summed E-state index contributed by atoms with van der Waals surface area (Å²) in [5.74, 6) is 0.303. The van der Waals surface area contributed by atoms with Crippen LogP contribution in [0.1, 0.15) is 88.0 Å². The van der Waals surface area contributed by atoms with Crippen molar-refractivity contribution in [2.75, 3.05) is 0 Å². The highest BCUT2D eigenvalue weighted by atomic mass is 28.4. The van der Waals surface area contributed by atoms with Crippen LogP contribution in [0.25, 0.3) is 0 Å². The summed E-state index contributed by atoms with van der Waals surface area (Å²) in [6, 6.07) is 0. The molecule has 0 aromatic carbocycles. The van der Waals surface area contributed by atoms with E-state index in [1.54, 1.807) is 6.92 Å². The van der Waals surface area contributed by atoms with Crippen molar-refractivity contribution in [3.8, 4) is 0 Å². The Balaban J connectivity index is 6.43. The molecule has 0 spiro atoms. The van der Waals surface area contributed by atoms with Crippen LogP contribution < -0.4 is 0 Å². The number of carbonyl (C=O) groups excluding carboxylic acids is 1. The number of carbonyl (C=O) groups is 1. The largest absolute Gasteiger partial charge is 0.515 e. The van der Waals surface area contributed by atoms with Crippen LogP contribution >= 0.6 is 0 Å². The van der Waals surface area contributed by atoms with Crippen molar-refractivity contribution in [2.24, 2.45) is 5.92 Å². The van der Waals surface area contributed by atoms with Gasteiger partial charge in [0.1, 0.15) is 0 Å². The molecule has 0 atom stereocenters. The van der Waals surface area contributed by atoms with Crippen molar-refractivity contribution in [3.05, 3.63) is 12.2 Å². The smallest absolute Gasteiger partial charge is 0.319 e. The van der Waals surface area contributed by atoms with Gasteiger partial charge in [0.15, 0.2) is 0 Å². The maximum Gasteiger partial charge on any atom is 0.319 e. The van der Waals surface area contributed by atoms with Crippen LogP contribution in [0.5, 0.6) is 0 Å². The van der Waals surface area contributed by atoms with Gasteiger partial charge in [0.25, 0.3) is 8.32 Å². The van der Waals surface area contributed by atoms with Gasteiger partial charge in [-0.25, -0.2) is 4.79 Å². The van der Waals surface area contributed by atoms with Gasteiger partial charge in [-0.05, 0) is 29.0 Å². The molecule has 0 aromatic rings. The third kappa shape index (κ3) is 4.29. The van der Waals surface area contributed by atoms with E-state index in [0.29, 0.717) is 22.6 Å². The molecule has 23 heavy (non-hydrogen) atoms. The fourth-order valence-electron chi connectivity index (χ4n) is 4.17. The molecule has 0 aliphatic rings. The topological polar surface area (TPSA) is 26.3 Å². The van der Waals surface area contributed by atoms with Crippen LogP contribution in [0.2, 0.25) is 16.1 Å².